The maximum Gasteiger partial charge on any atom is 0.228 e. The lowest BCUT2D eigenvalue weighted by atomic mass is 9.90. The number of hydrogen-bond acceptors (Lipinski definition) is 3. The lowest BCUT2D eigenvalue weighted by molar-refractivity contribution is -0.137. The van der Waals surface area contributed by atoms with Gasteiger partial charge in [-0.1, -0.05) is 6.92 Å². The van der Waals surface area contributed by atoms with Crippen molar-refractivity contribution >= 4 is 5.91 Å². The Morgan fingerprint density at radius 1 is 1.58 bits per heavy atom. The van der Waals surface area contributed by atoms with Gasteiger partial charge in [0.15, 0.2) is 0 Å². The molecule has 4 heteroatoms. The van der Waals surface area contributed by atoms with Gasteiger partial charge in [-0.05, 0) is 43.9 Å². The second kappa shape index (κ2) is 5.70. The van der Waals surface area contributed by atoms with Crippen LogP contribution in [0.25, 0.3) is 0 Å². The van der Waals surface area contributed by atoms with Crippen LogP contribution in [0.3, 0.4) is 0 Å². The number of carbonyl (C=O) groups is 1. The van der Waals surface area contributed by atoms with Gasteiger partial charge in [-0.2, -0.15) is 0 Å². The summed E-state index contributed by atoms with van der Waals surface area (Å²) in [4.78, 5) is 18.3. The summed E-state index contributed by atoms with van der Waals surface area (Å²) >= 11 is 0. The third kappa shape index (κ3) is 3.53. The summed E-state index contributed by atoms with van der Waals surface area (Å²) < 4.78 is 0. The second-order valence-electron chi connectivity index (χ2n) is 5.50. The van der Waals surface area contributed by atoms with Crippen molar-refractivity contribution in [1.82, 2.24) is 9.88 Å². The Balaban J connectivity index is 2.00. The average molecular weight is 262 g/mol. The van der Waals surface area contributed by atoms with Crippen LogP contribution in [0.4, 0.5) is 0 Å². The molecule has 1 saturated heterocycles. The molecule has 0 radical (unpaired) electrons. The first-order valence-electron chi connectivity index (χ1n) is 6.94. The number of piperidine rings is 1. The van der Waals surface area contributed by atoms with Crippen LogP contribution in [0, 0.1) is 6.92 Å². The number of pyridine rings is 1. The van der Waals surface area contributed by atoms with Crippen molar-refractivity contribution in [2.24, 2.45) is 0 Å². The zero-order valence-corrected chi connectivity index (χ0v) is 11.7. The maximum absolute atomic E-state index is 12.3. The monoisotopic (exact) mass is 262 g/mol. The van der Waals surface area contributed by atoms with Gasteiger partial charge >= 0.3 is 0 Å². The summed E-state index contributed by atoms with van der Waals surface area (Å²) in [5.74, 6) is 0.0599. The molecule has 0 unspecified atom stereocenters. The van der Waals surface area contributed by atoms with E-state index in [1.807, 2.05) is 26.0 Å². The van der Waals surface area contributed by atoms with Crippen LogP contribution < -0.4 is 0 Å². The summed E-state index contributed by atoms with van der Waals surface area (Å²) in [5, 5.41) is 10.3. The zero-order chi connectivity index (χ0) is 13.9. The highest BCUT2D eigenvalue weighted by atomic mass is 16.3. The molecule has 104 valence electrons. The van der Waals surface area contributed by atoms with E-state index in [1.54, 1.807) is 11.1 Å². The molecule has 19 heavy (non-hydrogen) atoms. The second-order valence-corrected chi connectivity index (χ2v) is 5.50. The molecule has 0 spiro atoms. The average Bonchev–Trinajstić information content (AvgIpc) is 2.39. The van der Waals surface area contributed by atoms with Crippen LogP contribution in [-0.4, -0.2) is 39.6 Å². The van der Waals surface area contributed by atoms with Crippen molar-refractivity contribution in [2.75, 3.05) is 13.1 Å². The van der Waals surface area contributed by atoms with Gasteiger partial charge in [-0.15, -0.1) is 0 Å². The highest BCUT2D eigenvalue weighted by molar-refractivity contribution is 5.78. The first-order chi connectivity index (χ1) is 9.02. The quantitative estimate of drug-likeness (QED) is 0.902. The fourth-order valence-corrected chi connectivity index (χ4v) is 2.58. The molecule has 0 bridgehead atoms. The predicted octanol–water partition coefficient (Wildman–Crippen LogP) is 1.70. The lowest BCUT2D eigenvalue weighted by Crippen LogP contribution is -2.50. The van der Waals surface area contributed by atoms with Gasteiger partial charge in [-0.25, -0.2) is 0 Å². The van der Waals surface area contributed by atoms with E-state index in [9.17, 15) is 9.90 Å². The van der Waals surface area contributed by atoms with Crippen molar-refractivity contribution in [1.29, 1.82) is 0 Å². The van der Waals surface area contributed by atoms with Crippen LogP contribution in [0.5, 0.6) is 0 Å². The van der Waals surface area contributed by atoms with E-state index in [0.717, 1.165) is 30.6 Å². The number of β-amino-alcohol motifs (C(OH)–C–C–N with tert-alkyl or cyclic N) is 1. The molecule has 1 aromatic heterocycles. The summed E-state index contributed by atoms with van der Waals surface area (Å²) in [6.07, 6.45) is 4.41. The van der Waals surface area contributed by atoms with Crippen LogP contribution in [0.1, 0.15) is 37.4 Å². The Bertz CT molecular complexity index is 461. The molecule has 2 rings (SSSR count). The highest BCUT2D eigenvalue weighted by Gasteiger charge is 2.33. The Morgan fingerprint density at radius 3 is 3.05 bits per heavy atom. The normalized spacial score (nSPS) is 23.4. The molecule has 1 amide bonds. The number of likely N-dealkylation sites (tertiary alicyclic amines) is 1. The van der Waals surface area contributed by atoms with Crippen molar-refractivity contribution in [2.45, 2.75) is 45.1 Å². The van der Waals surface area contributed by atoms with Gasteiger partial charge in [0, 0.05) is 25.0 Å². The smallest absolute Gasteiger partial charge is 0.228 e. The molecule has 0 saturated carbocycles. The molecular formula is C15H22N2O2. The molecule has 1 fully saturated rings. The third-order valence-electron chi connectivity index (χ3n) is 3.87. The van der Waals surface area contributed by atoms with Gasteiger partial charge in [0.2, 0.25) is 5.91 Å². The maximum atomic E-state index is 12.3. The minimum absolute atomic E-state index is 0.0599. The van der Waals surface area contributed by atoms with Crippen molar-refractivity contribution in [3.63, 3.8) is 0 Å². The van der Waals surface area contributed by atoms with Crippen LogP contribution in [-0.2, 0) is 11.2 Å². The number of hydrogen-bond donors (Lipinski definition) is 1. The standard InChI is InChI=1S/C15H22N2O2/c1-3-15(19)6-4-8-17(11-15)14(18)10-13-9-12(2)5-7-16-13/h5,7,9,19H,3-4,6,8,10-11H2,1-2H3/t15-/m0/s1. The first kappa shape index (κ1) is 14.0. The third-order valence-corrected chi connectivity index (χ3v) is 3.87. The van der Waals surface area contributed by atoms with Gasteiger partial charge in [0.05, 0.1) is 12.0 Å². The van der Waals surface area contributed by atoms with Crippen molar-refractivity contribution < 1.29 is 9.90 Å². The van der Waals surface area contributed by atoms with Crippen molar-refractivity contribution in [3.8, 4) is 0 Å². The number of rotatable bonds is 3. The number of amides is 1. The number of nitrogens with zero attached hydrogens (tertiary/aromatic N) is 2. The fraction of sp³-hybridized carbons (Fsp3) is 0.600. The van der Waals surface area contributed by atoms with Gasteiger partial charge in [-0.3, -0.25) is 9.78 Å². The largest absolute Gasteiger partial charge is 0.388 e. The summed E-state index contributed by atoms with van der Waals surface area (Å²) in [6, 6.07) is 3.86. The van der Waals surface area contributed by atoms with Crippen LogP contribution in [0.2, 0.25) is 0 Å². The minimum Gasteiger partial charge on any atom is -0.388 e. The Hall–Kier alpha value is -1.42. The first-order valence-corrected chi connectivity index (χ1v) is 6.94. The molecule has 1 aliphatic rings. The number of carbonyl (C=O) groups excluding carboxylic acids is 1. The van der Waals surface area contributed by atoms with Crippen molar-refractivity contribution in [3.05, 3.63) is 29.6 Å². The topological polar surface area (TPSA) is 53.4 Å². The molecule has 2 heterocycles. The molecule has 1 atom stereocenters. The molecule has 1 N–H and O–H groups in total. The van der Waals surface area contributed by atoms with Gasteiger partial charge < -0.3 is 10.0 Å². The van der Waals surface area contributed by atoms with E-state index in [-0.39, 0.29) is 5.91 Å². The van der Waals surface area contributed by atoms with E-state index in [0.29, 0.717) is 19.4 Å². The molecule has 1 aliphatic heterocycles. The molecule has 0 aromatic carbocycles. The van der Waals surface area contributed by atoms with Gasteiger partial charge in [0.25, 0.3) is 0 Å². The van der Waals surface area contributed by atoms with E-state index in [1.165, 1.54) is 0 Å². The minimum atomic E-state index is -0.700. The summed E-state index contributed by atoms with van der Waals surface area (Å²) in [5.41, 5.74) is 1.21. The number of aromatic nitrogens is 1. The summed E-state index contributed by atoms with van der Waals surface area (Å²) in [6.45, 7) is 5.16. The van der Waals surface area contributed by atoms with E-state index < -0.39 is 5.60 Å². The van der Waals surface area contributed by atoms with Crippen LogP contribution >= 0.6 is 0 Å². The lowest BCUT2D eigenvalue weighted by Gasteiger charge is -2.38. The Kier molecular flexibility index (Phi) is 4.20. The predicted molar refractivity (Wildman–Crippen MR) is 73.7 cm³/mol. The number of aryl methyl sites for hydroxylation is 1. The highest BCUT2D eigenvalue weighted by Crippen LogP contribution is 2.24. The molecule has 1 aromatic rings. The fourth-order valence-electron chi connectivity index (χ4n) is 2.58. The molecule has 4 nitrogen and oxygen atoms in total. The molecular weight excluding hydrogens is 240 g/mol. The van der Waals surface area contributed by atoms with E-state index in [2.05, 4.69) is 4.98 Å². The van der Waals surface area contributed by atoms with Gasteiger partial charge in [0.1, 0.15) is 0 Å². The SMILES string of the molecule is CC[C@]1(O)CCCN(C(=O)Cc2cc(C)ccn2)C1. The zero-order valence-electron chi connectivity index (χ0n) is 11.7. The van der Waals surface area contributed by atoms with E-state index >= 15 is 0 Å². The van der Waals surface area contributed by atoms with E-state index in [4.69, 9.17) is 0 Å². The van der Waals surface area contributed by atoms with Crippen LogP contribution in [0.15, 0.2) is 18.3 Å². The number of aliphatic hydroxyl groups is 1. The Labute approximate surface area is 114 Å². The molecule has 0 aliphatic carbocycles. The summed E-state index contributed by atoms with van der Waals surface area (Å²) in [7, 11) is 0. The Morgan fingerprint density at radius 2 is 2.37 bits per heavy atom.